The Kier molecular flexibility index (Phi) is 4.12. The fourth-order valence-corrected chi connectivity index (χ4v) is 4.45. The lowest BCUT2D eigenvalue weighted by molar-refractivity contribution is -0.148. The maximum absolute atomic E-state index is 12.6. The monoisotopic (exact) mass is 358 g/mol. The number of anilines is 1. The molecular formula is C19H26N4O3. The second-order valence-electron chi connectivity index (χ2n) is 8.21. The number of carboxylic acid groups (broad SMARTS) is 1. The van der Waals surface area contributed by atoms with Gasteiger partial charge in [-0.1, -0.05) is 0 Å². The number of carbonyl (C=O) groups is 2. The van der Waals surface area contributed by atoms with E-state index < -0.39 is 12.0 Å². The van der Waals surface area contributed by atoms with Crippen LogP contribution in [0.5, 0.6) is 0 Å². The van der Waals surface area contributed by atoms with Crippen molar-refractivity contribution in [2.24, 2.45) is 11.3 Å². The van der Waals surface area contributed by atoms with Gasteiger partial charge in [0.25, 0.3) is 0 Å². The summed E-state index contributed by atoms with van der Waals surface area (Å²) in [6.45, 7) is 6.16. The highest BCUT2D eigenvalue weighted by atomic mass is 16.4. The van der Waals surface area contributed by atoms with Crippen molar-refractivity contribution in [1.82, 2.24) is 14.9 Å². The summed E-state index contributed by atoms with van der Waals surface area (Å²) in [5.74, 6) is 0.187. The van der Waals surface area contributed by atoms with Crippen molar-refractivity contribution < 1.29 is 14.7 Å². The van der Waals surface area contributed by atoms with E-state index in [0.717, 1.165) is 56.0 Å². The van der Waals surface area contributed by atoms with Crippen molar-refractivity contribution in [3.05, 3.63) is 17.6 Å². The molecule has 1 aliphatic carbocycles. The molecule has 0 radical (unpaired) electrons. The van der Waals surface area contributed by atoms with Gasteiger partial charge < -0.3 is 14.9 Å². The van der Waals surface area contributed by atoms with Crippen LogP contribution in [0, 0.1) is 25.2 Å². The minimum Gasteiger partial charge on any atom is -0.480 e. The van der Waals surface area contributed by atoms with Crippen LogP contribution < -0.4 is 4.90 Å². The molecule has 7 nitrogen and oxygen atoms in total. The van der Waals surface area contributed by atoms with Crippen LogP contribution in [-0.2, 0) is 9.59 Å². The number of carboxylic acids is 1. The quantitative estimate of drug-likeness (QED) is 0.886. The van der Waals surface area contributed by atoms with E-state index in [1.165, 1.54) is 0 Å². The molecule has 1 aromatic rings. The molecule has 1 N–H and O–H groups in total. The smallest absolute Gasteiger partial charge is 0.326 e. The molecule has 4 rings (SSSR count). The third-order valence-electron chi connectivity index (χ3n) is 6.18. The number of aryl methyl sites for hydroxylation is 2. The van der Waals surface area contributed by atoms with E-state index in [4.69, 9.17) is 0 Å². The number of rotatable bonds is 3. The molecular weight excluding hydrogens is 332 g/mol. The fourth-order valence-electron chi connectivity index (χ4n) is 4.45. The molecule has 0 unspecified atom stereocenters. The molecule has 140 valence electrons. The van der Waals surface area contributed by atoms with E-state index in [-0.39, 0.29) is 17.2 Å². The summed E-state index contributed by atoms with van der Waals surface area (Å²) in [7, 11) is 0. The summed E-state index contributed by atoms with van der Waals surface area (Å²) < 4.78 is 0. The zero-order valence-electron chi connectivity index (χ0n) is 15.4. The minimum absolute atomic E-state index is 0.0529. The molecule has 1 aromatic heterocycles. The van der Waals surface area contributed by atoms with E-state index in [1.54, 1.807) is 11.1 Å². The normalized spacial score (nSPS) is 24.9. The van der Waals surface area contributed by atoms with Gasteiger partial charge in [-0.05, 0) is 51.4 Å². The van der Waals surface area contributed by atoms with Crippen molar-refractivity contribution in [2.45, 2.75) is 52.0 Å². The first-order valence-corrected chi connectivity index (χ1v) is 9.47. The molecule has 1 atom stereocenters. The summed E-state index contributed by atoms with van der Waals surface area (Å²) >= 11 is 0. The molecule has 0 aromatic carbocycles. The van der Waals surface area contributed by atoms with Gasteiger partial charge >= 0.3 is 5.97 Å². The summed E-state index contributed by atoms with van der Waals surface area (Å²) in [5, 5.41) is 9.62. The van der Waals surface area contributed by atoms with Gasteiger partial charge in [0, 0.05) is 31.7 Å². The Bertz CT molecular complexity index is 738. The summed E-state index contributed by atoms with van der Waals surface area (Å²) in [6, 6.07) is -0.657. The van der Waals surface area contributed by atoms with E-state index in [1.807, 2.05) is 13.8 Å². The summed E-state index contributed by atoms with van der Waals surface area (Å²) in [4.78, 5) is 37.2. The van der Waals surface area contributed by atoms with Gasteiger partial charge in [0.2, 0.25) is 5.91 Å². The number of amides is 1. The molecule has 7 heteroatoms. The van der Waals surface area contributed by atoms with E-state index in [0.29, 0.717) is 13.0 Å². The zero-order chi connectivity index (χ0) is 18.5. The van der Waals surface area contributed by atoms with Gasteiger partial charge in [-0.15, -0.1) is 0 Å². The lowest BCUT2D eigenvalue weighted by Gasteiger charge is -2.40. The lowest BCUT2D eigenvalue weighted by Crippen LogP contribution is -2.44. The van der Waals surface area contributed by atoms with Crippen LogP contribution in [0.1, 0.15) is 43.5 Å². The number of carbonyl (C=O) groups excluding carboxylic acids is 1. The average Bonchev–Trinajstić information content (AvgIpc) is 3.40. The van der Waals surface area contributed by atoms with Crippen LogP contribution in [0.4, 0.5) is 5.82 Å². The lowest BCUT2D eigenvalue weighted by atomic mass is 9.76. The van der Waals surface area contributed by atoms with Gasteiger partial charge in [-0.3, -0.25) is 9.78 Å². The number of hydrogen-bond acceptors (Lipinski definition) is 5. The number of hydrogen-bond donors (Lipinski definition) is 1. The average molecular weight is 358 g/mol. The minimum atomic E-state index is -0.862. The van der Waals surface area contributed by atoms with Crippen molar-refractivity contribution in [2.75, 3.05) is 24.5 Å². The molecule has 2 saturated heterocycles. The maximum Gasteiger partial charge on any atom is 0.326 e. The number of likely N-dealkylation sites (tertiary alicyclic amines) is 1. The van der Waals surface area contributed by atoms with E-state index in [2.05, 4.69) is 14.9 Å². The highest BCUT2D eigenvalue weighted by Gasteiger charge is 2.51. The molecule has 3 aliphatic rings. The Morgan fingerprint density at radius 3 is 2.54 bits per heavy atom. The van der Waals surface area contributed by atoms with Gasteiger partial charge in [0.1, 0.15) is 11.9 Å². The Morgan fingerprint density at radius 2 is 1.92 bits per heavy atom. The van der Waals surface area contributed by atoms with Gasteiger partial charge in [-0.2, -0.15) is 0 Å². The Hall–Kier alpha value is -2.18. The largest absolute Gasteiger partial charge is 0.480 e. The third-order valence-corrected chi connectivity index (χ3v) is 6.18. The second kappa shape index (κ2) is 6.21. The predicted molar refractivity (Wildman–Crippen MR) is 95.9 cm³/mol. The van der Waals surface area contributed by atoms with Crippen LogP contribution in [-0.4, -0.2) is 57.5 Å². The number of piperidine rings is 1. The highest BCUT2D eigenvalue weighted by molar-refractivity contribution is 5.87. The molecule has 0 bridgehead atoms. The van der Waals surface area contributed by atoms with E-state index >= 15 is 0 Å². The highest BCUT2D eigenvalue weighted by Crippen LogP contribution is 2.46. The molecule has 1 saturated carbocycles. The second-order valence-corrected chi connectivity index (χ2v) is 8.21. The maximum atomic E-state index is 12.6. The zero-order valence-corrected chi connectivity index (χ0v) is 15.4. The SMILES string of the molecule is Cc1cnc(C)c(N2CCC3(CC2)C[C@@H](C(=O)O)N(C(=O)C2CC2)C3)n1. The standard InChI is InChI=1S/C19H26N4O3/c1-12-10-20-13(2)16(21-12)22-7-5-19(6-8-22)9-15(18(25)26)23(11-19)17(24)14-3-4-14/h10,14-15H,3-9,11H2,1-2H3,(H,25,26)/t15-/m0/s1. The van der Waals surface area contributed by atoms with Crippen LogP contribution in [0.2, 0.25) is 0 Å². The first-order chi connectivity index (χ1) is 12.4. The molecule has 2 aliphatic heterocycles. The fraction of sp³-hybridized carbons (Fsp3) is 0.684. The molecule has 1 spiro atoms. The Morgan fingerprint density at radius 1 is 1.23 bits per heavy atom. The summed E-state index contributed by atoms with van der Waals surface area (Å²) in [5.41, 5.74) is 1.75. The van der Waals surface area contributed by atoms with Crippen LogP contribution in [0.25, 0.3) is 0 Å². The van der Waals surface area contributed by atoms with Crippen molar-refractivity contribution in [1.29, 1.82) is 0 Å². The Labute approximate surface area is 153 Å². The predicted octanol–water partition coefficient (Wildman–Crippen LogP) is 1.78. The summed E-state index contributed by atoms with van der Waals surface area (Å²) in [6.07, 6.45) is 5.95. The van der Waals surface area contributed by atoms with Crippen molar-refractivity contribution in [3.63, 3.8) is 0 Å². The van der Waals surface area contributed by atoms with Crippen molar-refractivity contribution in [3.8, 4) is 0 Å². The van der Waals surface area contributed by atoms with Crippen molar-refractivity contribution >= 4 is 17.7 Å². The van der Waals surface area contributed by atoms with Crippen LogP contribution in [0.3, 0.4) is 0 Å². The molecule has 26 heavy (non-hydrogen) atoms. The molecule has 3 fully saturated rings. The van der Waals surface area contributed by atoms with Crippen LogP contribution in [0.15, 0.2) is 6.20 Å². The molecule has 3 heterocycles. The third kappa shape index (κ3) is 3.04. The van der Waals surface area contributed by atoms with Gasteiger partial charge in [0.05, 0.1) is 11.4 Å². The van der Waals surface area contributed by atoms with E-state index in [9.17, 15) is 14.7 Å². The Balaban J connectivity index is 1.48. The van der Waals surface area contributed by atoms with Gasteiger partial charge in [-0.25, -0.2) is 9.78 Å². The molecule has 1 amide bonds. The topological polar surface area (TPSA) is 86.6 Å². The number of nitrogens with zero attached hydrogens (tertiary/aromatic N) is 4. The number of aliphatic carboxylic acids is 1. The van der Waals surface area contributed by atoms with Gasteiger partial charge in [0.15, 0.2) is 0 Å². The number of aromatic nitrogens is 2. The first kappa shape index (κ1) is 17.2. The first-order valence-electron chi connectivity index (χ1n) is 9.47. The van der Waals surface area contributed by atoms with Crippen LogP contribution >= 0.6 is 0 Å².